The highest BCUT2D eigenvalue weighted by atomic mass is 35.5. The third kappa shape index (κ3) is 4.15. The molecule has 1 aliphatic carbocycles. The minimum Gasteiger partial charge on any atom is -0.330 e. The quantitative estimate of drug-likeness (QED) is 0.666. The van der Waals surface area contributed by atoms with Gasteiger partial charge < -0.3 is 10.3 Å². The number of rotatable bonds is 5. The Hall–Kier alpha value is -1.96. The summed E-state index contributed by atoms with van der Waals surface area (Å²) in [6.07, 6.45) is 6.67. The predicted molar refractivity (Wildman–Crippen MR) is 112 cm³/mol. The zero-order chi connectivity index (χ0) is 17.9. The van der Waals surface area contributed by atoms with Crippen LogP contribution in [0, 0.1) is 0 Å². The molecule has 27 heavy (non-hydrogen) atoms. The molecular formula is C19H24ClN5OS. The lowest BCUT2D eigenvalue weighted by molar-refractivity contribution is 0.102. The number of hydrogen-bond donors (Lipinski definition) is 2. The Balaban J connectivity index is 0.00000210. The Labute approximate surface area is 168 Å². The van der Waals surface area contributed by atoms with Crippen LogP contribution in [0.15, 0.2) is 29.6 Å². The van der Waals surface area contributed by atoms with Crippen molar-refractivity contribution in [2.75, 3.05) is 11.9 Å². The standard InChI is InChI=1S/C19H23N5OS.ClH/c20-11-10-17-21-15(12-26-17)18(25)23-19-22-14-8-4-5-9-16(14)24(19)13-6-2-1-3-7-13;/h4-5,8-9,12-13H,1-3,6-7,10-11,20H2,(H,22,23,25);1H. The highest BCUT2D eigenvalue weighted by Crippen LogP contribution is 2.34. The molecule has 0 saturated heterocycles. The van der Waals surface area contributed by atoms with Gasteiger partial charge in [-0.1, -0.05) is 31.4 Å². The molecule has 3 aromatic rings. The number of benzene rings is 1. The molecule has 1 aromatic carbocycles. The highest BCUT2D eigenvalue weighted by molar-refractivity contribution is 7.09. The average Bonchev–Trinajstić information content (AvgIpc) is 3.27. The van der Waals surface area contributed by atoms with Gasteiger partial charge in [-0.05, 0) is 31.5 Å². The van der Waals surface area contributed by atoms with E-state index in [1.165, 1.54) is 30.6 Å². The van der Waals surface area contributed by atoms with Gasteiger partial charge in [-0.25, -0.2) is 9.97 Å². The minimum atomic E-state index is -0.211. The van der Waals surface area contributed by atoms with Crippen LogP contribution in [0.3, 0.4) is 0 Å². The number of anilines is 1. The summed E-state index contributed by atoms with van der Waals surface area (Å²) in [7, 11) is 0. The first-order valence-electron chi connectivity index (χ1n) is 9.19. The Morgan fingerprint density at radius 3 is 2.78 bits per heavy atom. The number of nitrogens with zero attached hydrogens (tertiary/aromatic N) is 3. The number of nitrogens with two attached hydrogens (primary N) is 1. The normalized spacial score (nSPS) is 14.9. The summed E-state index contributed by atoms with van der Waals surface area (Å²) in [5, 5.41) is 5.67. The molecule has 0 unspecified atom stereocenters. The first kappa shape index (κ1) is 19.8. The SMILES string of the molecule is Cl.NCCc1nc(C(=O)Nc2nc3ccccc3n2C2CCCCC2)cs1. The van der Waals surface area contributed by atoms with Gasteiger partial charge >= 0.3 is 0 Å². The third-order valence-corrected chi connectivity index (χ3v) is 5.81. The highest BCUT2D eigenvalue weighted by Gasteiger charge is 2.23. The van der Waals surface area contributed by atoms with Gasteiger partial charge in [0.05, 0.1) is 16.0 Å². The lowest BCUT2D eigenvalue weighted by Crippen LogP contribution is -2.20. The maximum atomic E-state index is 12.7. The van der Waals surface area contributed by atoms with Crippen LogP contribution in [0.1, 0.15) is 53.6 Å². The molecule has 1 aliphatic rings. The van der Waals surface area contributed by atoms with Crippen LogP contribution in [0.2, 0.25) is 0 Å². The Morgan fingerprint density at radius 2 is 2.00 bits per heavy atom. The topological polar surface area (TPSA) is 85.8 Å². The van der Waals surface area contributed by atoms with Crippen molar-refractivity contribution in [2.45, 2.75) is 44.6 Å². The van der Waals surface area contributed by atoms with Crippen molar-refractivity contribution in [2.24, 2.45) is 5.73 Å². The number of para-hydroxylation sites is 2. The third-order valence-electron chi connectivity index (χ3n) is 4.90. The fourth-order valence-electron chi connectivity index (χ4n) is 3.66. The summed E-state index contributed by atoms with van der Waals surface area (Å²) in [6.45, 7) is 0.534. The molecule has 0 bridgehead atoms. The van der Waals surface area contributed by atoms with Crippen LogP contribution in [-0.2, 0) is 6.42 Å². The molecule has 8 heteroatoms. The molecular weight excluding hydrogens is 382 g/mol. The van der Waals surface area contributed by atoms with Crippen molar-refractivity contribution in [1.29, 1.82) is 0 Å². The zero-order valence-electron chi connectivity index (χ0n) is 15.1. The number of carbonyl (C=O) groups is 1. The number of halogens is 1. The fourth-order valence-corrected chi connectivity index (χ4v) is 4.45. The summed E-state index contributed by atoms with van der Waals surface area (Å²) in [5.41, 5.74) is 7.99. The Morgan fingerprint density at radius 1 is 1.22 bits per heavy atom. The molecule has 2 aromatic heterocycles. The molecule has 0 radical (unpaired) electrons. The van der Waals surface area contributed by atoms with Gasteiger partial charge in [-0.2, -0.15) is 0 Å². The summed E-state index contributed by atoms with van der Waals surface area (Å²) < 4.78 is 2.21. The maximum absolute atomic E-state index is 12.7. The van der Waals surface area contributed by atoms with E-state index in [1.807, 2.05) is 18.2 Å². The molecule has 0 atom stereocenters. The van der Waals surface area contributed by atoms with Gasteiger partial charge in [0, 0.05) is 17.8 Å². The van der Waals surface area contributed by atoms with Crippen molar-refractivity contribution in [3.63, 3.8) is 0 Å². The number of fused-ring (bicyclic) bond motifs is 1. The van der Waals surface area contributed by atoms with E-state index in [1.54, 1.807) is 5.38 Å². The molecule has 144 valence electrons. The van der Waals surface area contributed by atoms with E-state index >= 15 is 0 Å². The van der Waals surface area contributed by atoms with E-state index in [-0.39, 0.29) is 18.3 Å². The summed E-state index contributed by atoms with van der Waals surface area (Å²) in [5.74, 6) is 0.411. The molecule has 6 nitrogen and oxygen atoms in total. The predicted octanol–water partition coefficient (Wildman–Crippen LogP) is 4.17. The second kappa shape index (κ2) is 8.82. The Kier molecular flexibility index (Phi) is 6.46. The number of amides is 1. The number of imidazole rings is 1. The summed E-state index contributed by atoms with van der Waals surface area (Å²) in [6, 6.07) is 8.45. The van der Waals surface area contributed by atoms with Gasteiger partial charge in [0.1, 0.15) is 5.69 Å². The molecule has 3 N–H and O–H groups in total. The van der Waals surface area contributed by atoms with Crippen LogP contribution in [0.5, 0.6) is 0 Å². The van der Waals surface area contributed by atoms with E-state index in [9.17, 15) is 4.79 Å². The van der Waals surface area contributed by atoms with Crippen molar-refractivity contribution in [3.05, 3.63) is 40.3 Å². The summed E-state index contributed by atoms with van der Waals surface area (Å²) in [4.78, 5) is 21.8. The van der Waals surface area contributed by atoms with E-state index in [0.29, 0.717) is 30.6 Å². The van der Waals surface area contributed by atoms with E-state index in [2.05, 4.69) is 25.9 Å². The largest absolute Gasteiger partial charge is 0.330 e. The van der Waals surface area contributed by atoms with E-state index < -0.39 is 0 Å². The number of hydrogen-bond acceptors (Lipinski definition) is 5. The number of aromatic nitrogens is 3. The van der Waals surface area contributed by atoms with E-state index in [0.717, 1.165) is 28.9 Å². The number of nitrogens with one attached hydrogen (secondary N) is 1. The second-order valence-corrected chi connectivity index (χ2v) is 7.65. The number of thiazole rings is 1. The minimum absolute atomic E-state index is 0. The zero-order valence-corrected chi connectivity index (χ0v) is 16.7. The van der Waals surface area contributed by atoms with Crippen molar-refractivity contribution >= 4 is 46.6 Å². The number of carbonyl (C=O) groups excluding carboxylic acids is 1. The molecule has 1 fully saturated rings. The van der Waals surface area contributed by atoms with Crippen LogP contribution in [-0.4, -0.2) is 27.0 Å². The Bertz CT molecular complexity index is 916. The monoisotopic (exact) mass is 405 g/mol. The van der Waals surface area contributed by atoms with Crippen LogP contribution >= 0.6 is 23.7 Å². The van der Waals surface area contributed by atoms with Crippen molar-refractivity contribution in [3.8, 4) is 0 Å². The molecule has 0 aliphatic heterocycles. The second-order valence-electron chi connectivity index (χ2n) is 6.71. The lowest BCUT2D eigenvalue weighted by atomic mass is 9.95. The molecule has 2 heterocycles. The average molecular weight is 406 g/mol. The van der Waals surface area contributed by atoms with Crippen LogP contribution in [0.25, 0.3) is 11.0 Å². The van der Waals surface area contributed by atoms with Gasteiger partial charge in [-0.3, -0.25) is 10.1 Å². The van der Waals surface area contributed by atoms with Gasteiger partial charge in [0.25, 0.3) is 5.91 Å². The first-order valence-corrected chi connectivity index (χ1v) is 10.1. The van der Waals surface area contributed by atoms with Gasteiger partial charge in [0.15, 0.2) is 0 Å². The van der Waals surface area contributed by atoms with Gasteiger partial charge in [-0.15, -0.1) is 23.7 Å². The first-order chi connectivity index (χ1) is 12.8. The van der Waals surface area contributed by atoms with Gasteiger partial charge in [0.2, 0.25) is 5.95 Å². The fraction of sp³-hybridized carbons (Fsp3) is 0.421. The van der Waals surface area contributed by atoms with E-state index in [4.69, 9.17) is 5.73 Å². The van der Waals surface area contributed by atoms with Crippen molar-refractivity contribution < 1.29 is 4.79 Å². The van der Waals surface area contributed by atoms with Crippen LogP contribution in [0.4, 0.5) is 5.95 Å². The smallest absolute Gasteiger partial charge is 0.277 e. The van der Waals surface area contributed by atoms with Crippen LogP contribution < -0.4 is 11.1 Å². The molecule has 4 rings (SSSR count). The molecule has 1 saturated carbocycles. The molecule has 0 spiro atoms. The lowest BCUT2D eigenvalue weighted by Gasteiger charge is -2.25. The maximum Gasteiger partial charge on any atom is 0.277 e. The molecule has 1 amide bonds. The summed E-state index contributed by atoms with van der Waals surface area (Å²) >= 11 is 1.47. The van der Waals surface area contributed by atoms with Crippen molar-refractivity contribution in [1.82, 2.24) is 14.5 Å².